The molecule has 0 radical (unpaired) electrons. The van der Waals surface area contributed by atoms with Gasteiger partial charge in [-0.1, -0.05) is 100 Å². The lowest BCUT2D eigenvalue weighted by Gasteiger charge is -2.48. The zero-order chi connectivity index (χ0) is 71.7. The molecule has 100 heavy (non-hydrogen) atoms. The standard InChI is InChI=1S/C41H52F3N3O6.C34H41F3N2O8/c1-23-20-31-35(47(22-23)37(50)41(42,43)44)25(3)40(53-31)17-15-29-30-12-11-27-21-28(14-16-39(27,4)34(30)36(49)33(29)24(40)2)52-38(51)46-19-18-45-32(48)13-10-26-8-6-5-7-9-26;1-16-13-23-28(38(15-16)30(43)34(35,36)37)18(3)33(46-23)12-10-21-22-6-5-19-14-20(45-31(44)47-39-24(40)7-8-25(39)41)9-11-32(19,4)27(22)29(42)26(21)17(33)2/h5-9,11,23,25,28-31,34-35H,10,12-22H2,1-4H3,(H,45,48)(H,46,51);5,16,18,20-23,27-28H,6-15H2,1-4H3/t23-,25+,28-,29-,30-,31+,34+,35-,39-,40-;16-,18+,20-,21-,22-,23+,27+,28-,32-,33-/m00/s1. The van der Waals surface area contributed by atoms with Crippen molar-refractivity contribution < 1.29 is 93.3 Å². The Bertz CT molecular complexity index is 3650. The van der Waals surface area contributed by atoms with E-state index in [-0.39, 0.29) is 109 Å². The van der Waals surface area contributed by atoms with E-state index >= 15 is 0 Å². The van der Waals surface area contributed by atoms with Crippen molar-refractivity contribution >= 4 is 53.4 Å². The second-order valence-corrected chi connectivity index (χ2v) is 31.8. The van der Waals surface area contributed by atoms with Crippen molar-refractivity contribution in [3.05, 3.63) is 81.5 Å². The molecule has 2 N–H and O–H groups in total. The Balaban J connectivity index is 0.000000180. The van der Waals surface area contributed by atoms with Crippen LogP contribution in [0, 0.1) is 70.0 Å². The topological polar surface area (TPSA) is 234 Å². The molecule has 0 unspecified atom stereocenters. The first-order valence-corrected chi connectivity index (χ1v) is 36.2. The maximum absolute atomic E-state index is 14.6. The summed E-state index contributed by atoms with van der Waals surface area (Å²) in [6.07, 6.45) is 0.327. The number of alkyl halides is 6. The van der Waals surface area contributed by atoms with Crippen molar-refractivity contribution in [2.75, 3.05) is 26.2 Å². The Kier molecular flexibility index (Phi) is 18.9. The first-order valence-electron chi connectivity index (χ1n) is 36.2. The number of rotatable bonds is 9. The molecular formula is C75H93F6N5O14. The number of likely N-dealkylation sites (tertiary alicyclic amines) is 2. The van der Waals surface area contributed by atoms with Crippen LogP contribution in [0.1, 0.15) is 170 Å². The number of hydrogen-bond donors (Lipinski definition) is 2. The largest absolute Gasteiger partial charge is 0.534 e. The van der Waals surface area contributed by atoms with E-state index in [0.717, 1.165) is 55.2 Å². The first-order chi connectivity index (χ1) is 47.2. The SMILES string of the molecule is CC1=C2C(=O)[C@H]3[C@@H](CC=C4C[C@@H](OC(=O)NCCNC(=O)CCc5ccccc5)CC[C@@]43C)[C@@H]2CC[C@]12O[C@@H]1C[C@H](C)CN(C(=O)C(F)(F)F)[C@H]1[C@H]2C.CC1=C2C(=O)[C@H]3[C@@H](CC=C4C[C@@H](OC(=O)ON5C(=O)CCC5=O)CC[C@@]43C)[C@@H]2CC[C@]12O[C@@H]1C[C@H](C)CN(C(=O)C(F)(F)F)[C@H]1[C@H]2C. The predicted molar refractivity (Wildman–Crippen MR) is 347 cm³/mol. The van der Waals surface area contributed by atoms with Crippen molar-refractivity contribution in [3.8, 4) is 0 Å². The molecule has 13 aliphatic rings. The summed E-state index contributed by atoms with van der Waals surface area (Å²) < 4.78 is 107. The monoisotopic (exact) mass is 1400 g/mol. The van der Waals surface area contributed by atoms with Gasteiger partial charge >= 0.3 is 36.4 Å². The van der Waals surface area contributed by atoms with E-state index in [1.165, 1.54) is 0 Å². The normalized spacial score (nSPS) is 38.7. The number of halogens is 6. The number of hydroxylamine groups is 2. The molecule has 1 aromatic rings. The molecule has 4 saturated carbocycles. The number of aryl methyl sites for hydroxylation is 1. The van der Waals surface area contributed by atoms with Crippen molar-refractivity contribution in [3.63, 3.8) is 0 Å². The maximum Gasteiger partial charge on any atom is 0.534 e. The number of nitrogens with one attached hydrogen (secondary N) is 2. The van der Waals surface area contributed by atoms with Crippen molar-refractivity contribution in [1.82, 2.24) is 25.5 Å². The van der Waals surface area contributed by atoms with Crippen LogP contribution in [0.15, 0.2) is 75.9 Å². The number of allylic oxidation sites excluding steroid dienone is 4. The van der Waals surface area contributed by atoms with Gasteiger partial charge in [-0.3, -0.25) is 38.4 Å². The lowest BCUT2D eigenvalue weighted by molar-refractivity contribution is -0.192. The fraction of sp³-hybridized carbons (Fsp3) is 0.693. The zero-order valence-corrected chi connectivity index (χ0v) is 58.2. The van der Waals surface area contributed by atoms with Gasteiger partial charge in [0.25, 0.3) is 11.8 Å². The molecule has 19 nitrogen and oxygen atoms in total. The number of ether oxygens (including phenoxy) is 4. The van der Waals surface area contributed by atoms with E-state index in [9.17, 15) is 69.5 Å². The van der Waals surface area contributed by atoms with E-state index in [2.05, 4.69) is 36.6 Å². The molecule has 544 valence electrons. The summed E-state index contributed by atoms with van der Waals surface area (Å²) in [6.45, 7) is 16.2. The number of fused-ring (bicyclic) bond motifs is 12. The van der Waals surface area contributed by atoms with Gasteiger partial charge in [-0.2, -0.15) is 26.3 Å². The molecule has 1 aromatic carbocycles. The lowest BCUT2D eigenvalue weighted by Crippen LogP contribution is -2.57. The van der Waals surface area contributed by atoms with Gasteiger partial charge in [0.2, 0.25) is 5.91 Å². The average molecular weight is 1400 g/mol. The van der Waals surface area contributed by atoms with Crippen LogP contribution >= 0.6 is 0 Å². The molecular weight excluding hydrogens is 1310 g/mol. The molecule has 8 aliphatic carbocycles. The number of carbonyl (C=O) groups excluding carboxylic acids is 9. The quantitative estimate of drug-likeness (QED) is 0.0770. The van der Waals surface area contributed by atoms with Crippen LogP contribution in [0.4, 0.5) is 35.9 Å². The number of carbonyl (C=O) groups is 9. The Morgan fingerprint density at radius 2 is 1.06 bits per heavy atom. The number of imide groups is 1. The van der Waals surface area contributed by atoms with E-state index in [4.69, 9.17) is 23.8 Å². The molecule has 0 aromatic heterocycles. The highest BCUT2D eigenvalue weighted by Crippen LogP contribution is 2.67. The summed E-state index contributed by atoms with van der Waals surface area (Å²) in [4.78, 5) is 122. The number of hydrogen-bond acceptors (Lipinski definition) is 14. The Labute approximate surface area is 578 Å². The minimum Gasteiger partial charge on any atom is -0.446 e. The second kappa shape index (κ2) is 26.4. The summed E-state index contributed by atoms with van der Waals surface area (Å²) in [5.74, 6) is -6.05. The zero-order valence-electron chi connectivity index (χ0n) is 58.2. The number of piperidine rings is 2. The van der Waals surface area contributed by atoms with Gasteiger partial charge in [-0.15, -0.1) is 0 Å². The summed E-state index contributed by atoms with van der Waals surface area (Å²) in [6, 6.07) is 8.36. The Morgan fingerprint density at radius 1 is 0.610 bits per heavy atom. The number of benzene rings is 1. The van der Waals surface area contributed by atoms with E-state index < -0.39 is 107 Å². The van der Waals surface area contributed by atoms with E-state index in [1.807, 2.05) is 71.9 Å². The molecule has 5 aliphatic heterocycles. The molecule has 0 bridgehead atoms. The van der Waals surface area contributed by atoms with Crippen molar-refractivity contribution in [1.29, 1.82) is 0 Å². The third kappa shape index (κ3) is 12.2. The Hall–Kier alpha value is -6.89. The minimum absolute atomic E-state index is 0.0116. The number of nitrogens with zero attached hydrogens (tertiary/aromatic N) is 3. The number of alkyl carbamates (subject to hydrolysis) is 1. The van der Waals surface area contributed by atoms with Gasteiger partial charge in [0.1, 0.15) is 12.2 Å². The highest BCUT2D eigenvalue weighted by molar-refractivity contribution is 6.04. The van der Waals surface area contributed by atoms with Crippen LogP contribution in [0.2, 0.25) is 0 Å². The fourth-order valence-corrected chi connectivity index (χ4v) is 21.7. The van der Waals surface area contributed by atoms with E-state index in [1.54, 1.807) is 0 Å². The molecule has 6 amide bonds. The van der Waals surface area contributed by atoms with Crippen molar-refractivity contribution in [2.45, 2.75) is 231 Å². The summed E-state index contributed by atoms with van der Waals surface area (Å²) in [7, 11) is 0. The van der Waals surface area contributed by atoms with Crippen LogP contribution in [-0.4, -0.2) is 154 Å². The minimum atomic E-state index is -4.98. The average Bonchev–Trinajstić information content (AvgIpc) is 1.54. The van der Waals surface area contributed by atoms with Gasteiger partial charge in [-0.05, 0) is 160 Å². The molecule has 5 heterocycles. The van der Waals surface area contributed by atoms with Crippen molar-refractivity contribution in [2.24, 2.45) is 70.0 Å². The molecule has 25 heteroatoms. The molecule has 9 fully saturated rings. The molecule has 14 rings (SSSR count). The van der Waals surface area contributed by atoms with Crippen LogP contribution in [-0.2, 0) is 63.8 Å². The summed E-state index contributed by atoms with van der Waals surface area (Å²) >= 11 is 0. The lowest BCUT2D eigenvalue weighted by atomic mass is 9.56. The summed E-state index contributed by atoms with van der Waals surface area (Å²) in [5, 5.41) is 6.03. The predicted octanol–water partition coefficient (Wildman–Crippen LogP) is 11.7. The van der Waals surface area contributed by atoms with Crippen LogP contribution in [0.3, 0.4) is 0 Å². The van der Waals surface area contributed by atoms with Gasteiger partial charge < -0.3 is 39.4 Å². The molecule has 20 atom stereocenters. The number of amides is 6. The Morgan fingerprint density at radius 3 is 1.52 bits per heavy atom. The van der Waals surface area contributed by atoms with Gasteiger partial charge in [0.05, 0.1) is 35.5 Å². The molecule has 2 spiro atoms. The highest BCUT2D eigenvalue weighted by Gasteiger charge is 2.68. The third-order valence-corrected chi connectivity index (χ3v) is 26.3. The smallest absolute Gasteiger partial charge is 0.446 e. The van der Waals surface area contributed by atoms with Crippen LogP contribution in [0.5, 0.6) is 0 Å². The van der Waals surface area contributed by atoms with E-state index in [0.29, 0.717) is 108 Å². The maximum atomic E-state index is 14.6. The third-order valence-electron chi connectivity index (χ3n) is 26.3. The molecule has 5 saturated heterocycles. The first kappa shape index (κ1) is 71.5. The summed E-state index contributed by atoms with van der Waals surface area (Å²) in [5.41, 5.74) is 3.78. The number of Topliss-reactive ketones (excluding diaryl/α,β-unsaturated/α-hetero) is 2. The second-order valence-electron chi connectivity index (χ2n) is 31.8. The fourth-order valence-electron chi connectivity index (χ4n) is 21.7. The number of ketones is 2. The highest BCUT2D eigenvalue weighted by atomic mass is 19.4. The van der Waals surface area contributed by atoms with Crippen LogP contribution in [0.25, 0.3) is 0 Å². The van der Waals surface area contributed by atoms with Gasteiger partial charge in [0, 0.05) is 93.1 Å². The van der Waals surface area contributed by atoms with Crippen LogP contribution < -0.4 is 10.6 Å². The van der Waals surface area contributed by atoms with Gasteiger partial charge in [0.15, 0.2) is 11.6 Å². The van der Waals surface area contributed by atoms with Gasteiger partial charge in [-0.25, -0.2) is 9.59 Å².